The monoisotopic (exact) mass is 403 g/mol. The summed E-state index contributed by atoms with van der Waals surface area (Å²) in [4.78, 5) is 12.4. The lowest BCUT2D eigenvalue weighted by Gasteiger charge is -2.17. The minimum Gasteiger partial charge on any atom is -0.343 e. The molecule has 0 bridgehead atoms. The van der Waals surface area contributed by atoms with Crippen LogP contribution in [0.1, 0.15) is 35.6 Å². The van der Waals surface area contributed by atoms with Gasteiger partial charge >= 0.3 is 0 Å². The molecule has 1 atom stereocenters. The number of nitrogens with zero attached hydrogens (tertiary/aromatic N) is 2. The Morgan fingerprint density at radius 2 is 1.76 bits per heavy atom. The summed E-state index contributed by atoms with van der Waals surface area (Å²) in [6.45, 7) is 0. The van der Waals surface area contributed by atoms with Crippen LogP contribution in [-0.4, -0.2) is 28.6 Å². The minimum atomic E-state index is -3.18. The van der Waals surface area contributed by atoms with Gasteiger partial charge in [-0.1, -0.05) is 12.1 Å². The van der Waals surface area contributed by atoms with Crippen molar-refractivity contribution in [3.05, 3.63) is 90.0 Å². The van der Waals surface area contributed by atoms with Crippen molar-refractivity contribution in [2.45, 2.75) is 35.3 Å². The van der Waals surface area contributed by atoms with Crippen LogP contribution in [-0.2, 0) is 16.3 Å². The van der Waals surface area contributed by atoms with Crippen LogP contribution >= 0.6 is 0 Å². The molecule has 146 valence electrons. The van der Waals surface area contributed by atoms with Gasteiger partial charge in [-0.25, -0.2) is 13.4 Å². The molecule has 0 radical (unpaired) electrons. The molecular weight excluding hydrogens is 382 g/mol. The van der Waals surface area contributed by atoms with Crippen molar-refractivity contribution in [2.75, 3.05) is 0 Å². The normalized spacial score (nSPS) is 15.4. The topological polar surface area (TPSA) is 75.7 Å². The molecule has 1 fully saturated rings. The van der Waals surface area contributed by atoms with Crippen LogP contribution in [0.3, 0.4) is 0 Å². The summed E-state index contributed by atoms with van der Waals surface area (Å²) in [5.41, 5.74) is 4.16. The molecule has 0 aliphatic heterocycles. The molecule has 4 aromatic rings. The Morgan fingerprint density at radius 3 is 2.45 bits per heavy atom. The Bertz CT molecular complexity index is 1210. The number of rotatable bonds is 6. The standard InChI is InChI=1S/C23H21N3O2S/c27-29(28,20-7-8-20)19-5-3-17(4-6-19)21(14-16-9-12-24-13-10-16)22-15-18-2-1-11-25-23(18)26-22/h1-6,9-13,15,20-21H,7-8,14H2,(H,25,26). The summed E-state index contributed by atoms with van der Waals surface area (Å²) in [6, 6.07) is 17.5. The molecule has 1 aliphatic carbocycles. The number of pyridine rings is 2. The van der Waals surface area contributed by atoms with Gasteiger partial charge in [0, 0.05) is 35.6 Å². The number of H-pyrrole nitrogens is 1. The van der Waals surface area contributed by atoms with E-state index in [4.69, 9.17) is 0 Å². The summed E-state index contributed by atoms with van der Waals surface area (Å²) >= 11 is 0. The average Bonchev–Trinajstić information content (AvgIpc) is 3.53. The van der Waals surface area contributed by atoms with E-state index in [1.807, 2.05) is 36.4 Å². The van der Waals surface area contributed by atoms with E-state index in [9.17, 15) is 8.42 Å². The number of sulfone groups is 1. The second kappa shape index (κ2) is 7.12. The maximum atomic E-state index is 12.5. The Hall–Kier alpha value is -2.99. The Balaban J connectivity index is 1.54. The lowest BCUT2D eigenvalue weighted by atomic mass is 9.89. The fourth-order valence-corrected chi connectivity index (χ4v) is 5.45. The average molecular weight is 404 g/mol. The molecule has 1 aromatic carbocycles. The third-order valence-corrected chi connectivity index (χ3v) is 7.83. The van der Waals surface area contributed by atoms with E-state index in [2.05, 4.69) is 21.0 Å². The number of benzene rings is 1. The second-order valence-corrected chi connectivity index (χ2v) is 9.82. The quantitative estimate of drug-likeness (QED) is 0.522. The van der Waals surface area contributed by atoms with E-state index in [1.54, 1.807) is 30.7 Å². The van der Waals surface area contributed by atoms with Crippen molar-refractivity contribution < 1.29 is 8.42 Å². The zero-order valence-electron chi connectivity index (χ0n) is 15.8. The Kier molecular flexibility index (Phi) is 4.43. The van der Waals surface area contributed by atoms with Gasteiger partial charge in [0.05, 0.1) is 10.1 Å². The predicted molar refractivity (Wildman–Crippen MR) is 113 cm³/mol. The highest BCUT2D eigenvalue weighted by atomic mass is 32.2. The molecule has 5 rings (SSSR count). The molecule has 1 aliphatic rings. The molecule has 6 heteroatoms. The summed E-state index contributed by atoms with van der Waals surface area (Å²) < 4.78 is 25.1. The maximum Gasteiger partial charge on any atom is 0.181 e. The predicted octanol–water partition coefficient (Wildman–Crippen LogP) is 4.27. The van der Waals surface area contributed by atoms with Crippen LogP contribution in [0.15, 0.2) is 78.1 Å². The summed E-state index contributed by atoms with van der Waals surface area (Å²) in [5.74, 6) is 0.0595. The van der Waals surface area contributed by atoms with Gasteiger partial charge in [0.1, 0.15) is 5.65 Å². The van der Waals surface area contributed by atoms with Crippen molar-refractivity contribution >= 4 is 20.9 Å². The molecule has 0 saturated heterocycles. The molecule has 1 unspecified atom stereocenters. The molecule has 3 aromatic heterocycles. The van der Waals surface area contributed by atoms with Crippen LogP contribution in [0.25, 0.3) is 11.0 Å². The lowest BCUT2D eigenvalue weighted by molar-refractivity contribution is 0.594. The van der Waals surface area contributed by atoms with Crippen molar-refractivity contribution in [3.63, 3.8) is 0 Å². The van der Waals surface area contributed by atoms with Crippen LogP contribution in [0.5, 0.6) is 0 Å². The van der Waals surface area contributed by atoms with Gasteiger partial charge in [-0.3, -0.25) is 4.98 Å². The smallest absolute Gasteiger partial charge is 0.181 e. The van der Waals surface area contributed by atoms with Crippen molar-refractivity contribution in [1.29, 1.82) is 0 Å². The molecule has 5 nitrogen and oxygen atoms in total. The van der Waals surface area contributed by atoms with E-state index < -0.39 is 9.84 Å². The van der Waals surface area contributed by atoms with Gasteiger partial charge in [-0.05, 0) is 72.9 Å². The van der Waals surface area contributed by atoms with Crippen LogP contribution in [0.2, 0.25) is 0 Å². The second-order valence-electron chi connectivity index (χ2n) is 7.59. The molecule has 1 saturated carbocycles. The molecule has 29 heavy (non-hydrogen) atoms. The summed E-state index contributed by atoms with van der Waals surface area (Å²) in [6.07, 6.45) is 7.70. The van der Waals surface area contributed by atoms with Gasteiger partial charge < -0.3 is 4.98 Å². The molecular formula is C23H21N3O2S. The van der Waals surface area contributed by atoms with Gasteiger partial charge in [0.15, 0.2) is 9.84 Å². The SMILES string of the molecule is O=S(=O)(c1ccc(C(Cc2ccncc2)c2cc3cccnc3[nH]2)cc1)C1CC1. The highest BCUT2D eigenvalue weighted by molar-refractivity contribution is 7.92. The third kappa shape index (κ3) is 3.56. The van der Waals surface area contributed by atoms with Gasteiger partial charge in [0.25, 0.3) is 0 Å². The van der Waals surface area contributed by atoms with Crippen molar-refractivity contribution in [3.8, 4) is 0 Å². The zero-order chi connectivity index (χ0) is 19.8. The highest BCUT2D eigenvalue weighted by Gasteiger charge is 2.36. The number of aromatic nitrogens is 3. The highest BCUT2D eigenvalue weighted by Crippen LogP contribution is 2.35. The molecule has 0 amide bonds. The van der Waals surface area contributed by atoms with Crippen molar-refractivity contribution in [1.82, 2.24) is 15.0 Å². The van der Waals surface area contributed by atoms with E-state index in [0.717, 1.165) is 41.6 Å². The fraction of sp³-hybridized carbons (Fsp3) is 0.217. The summed E-state index contributed by atoms with van der Waals surface area (Å²) in [5, 5.41) is 0.871. The molecule has 0 spiro atoms. The van der Waals surface area contributed by atoms with E-state index in [0.29, 0.717) is 4.90 Å². The van der Waals surface area contributed by atoms with E-state index >= 15 is 0 Å². The first-order valence-corrected chi connectivity index (χ1v) is 11.3. The van der Waals surface area contributed by atoms with Crippen LogP contribution in [0, 0.1) is 0 Å². The first kappa shape index (κ1) is 18.1. The number of hydrogen-bond donors (Lipinski definition) is 1. The lowest BCUT2D eigenvalue weighted by Crippen LogP contribution is -2.09. The molecule has 1 N–H and O–H groups in total. The number of aromatic amines is 1. The van der Waals surface area contributed by atoms with E-state index in [-0.39, 0.29) is 11.2 Å². The third-order valence-electron chi connectivity index (χ3n) is 5.55. The van der Waals surface area contributed by atoms with Crippen LogP contribution in [0.4, 0.5) is 0 Å². The van der Waals surface area contributed by atoms with Crippen LogP contribution < -0.4 is 0 Å². The summed E-state index contributed by atoms with van der Waals surface area (Å²) in [7, 11) is -3.18. The minimum absolute atomic E-state index is 0.0595. The first-order valence-electron chi connectivity index (χ1n) is 9.78. The maximum absolute atomic E-state index is 12.5. The largest absolute Gasteiger partial charge is 0.343 e. The molecule has 3 heterocycles. The van der Waals surface area contributed by atoms with Gasteiger partial charge in [-0.15, -0.1) is 0 Å². The van der Waals surface area contributed by atoms with Gasteiger partial charge in [-0.2, -0.15) is 0 Å². The van der Waals surface area contributed by atoms with Crippen molar-refractivity contribution in [2.24, 2.45) is 0 Å². The number of nitrogens with one attached hydrogen (secondary N) is 1. The van der Waals surface area contributed by atoms with E-state index in [1.165, 1.54) is 5.56 Å². The number of hydrogen-bond acceptors (Lipinski definition) is 4. The first-order chi connectivity index (χ1) is 14.1. The zero-order valence-corrected chi connectivity index (χ0v) is 16.6. The number of fused-ring (bicyclic) bond motifs is 1. The fourth-order valence-electron chi connectivity index (χ4n) is 3.79. The Morgan fingerprint density at radius 1 is 1.00 bits per heavy atom. The van der Waals surface area contributed by atoms with Gasteiger partial charge in [0.2, 0.25) is 0 Å². The Labute approximate surface area is 169 Å².